The molecule has 1 amide bonds. The maximum Gasteiger partial charge on any atom is 0.271 e. The molecule has 14 nitrogen and oxygen atoms in total. The summed E-state index contributed by atoms with van der Waals surface area (Å²) in [5, 5.41) is 34.2. The third kappa shape index (κ3) is 5.94. The largest absolute Gasteiger partial charge is 0.486 e. The Kier molecular flexibility index (Phi) is 7.19. The maximum absolute atomic E-state index is 12.2. The number of nitro benzene ring substituents is 2. The van der Waals surface area contributed by atoms with Gasteiger partial charge in [0.25, 0.3) is 17.3 Å². The van der Waals surface area contributed by atoms with E-state index in [1.165, 1.54) is 65.8 Å². The van der Waals surface area contributed by atoms with Gasteiger partial charge < -0.3 is 4.74 Å². The number of aromatic nitrogens is 4. The van der Waals surface area contributed by atoms with Crippen molar-refractivity contribution in [1.82, 2.24) is 25.4 Å². The maximum atomic E-state index is 12.2. The number of hydrazone groups is 1. The molecule has 2 aromatic carbocycles. The van der Waals surface area contributed by atoms with E-state index < -0.39 is 15.8 Å². The normalized spacial score (nSPS) is 10.8. The highest BCUT2D eigenvalue weighted by atomic mass is 16.6. The van der Waals surface area contributed by atoms with Crippen molar-refractivity contribution in [2.45, 2.75) is 13.5 Å². The van der Waals surface area contributed by atoms with Gasteiger partial charge in [-0.15, -0.1) is 5.10 Å². The number of hydrogen-bond donors (Lipinski definition) is 1. The molecule has 2 heterocycles. The predicted molar refractivity (Wildman–Crippen MR) is 129 cm³/mol. The van der Waals surface area contributed by atoms with Crippen LogP contribution >= 0.6 is 0 Å². The number of amides is 1. The zero-order chi connectivity index (χ0) is 26.4. The van der Waals surface area contributed by atoms with Crippen molar-refractivity contribution in [3.05, 3.63) is 110 Å². The molecule has 0 aliphatic carbocycles. The van der Waals surface area contributed by atoms with Crippen molar-refractivity contribution < 1.29 is 19.4 Å². The Bertz CT molecular complexity index is 1500. The number of non-ortho nitro benzene ring substituents is 2. The number of nitrogens with one attached hydrogen (secondary N) is 1. The van der Waals surface area contributed by atoms with Gasteiger partial charge in [-0.2, -0.15) is 5.10 Å². The first-order valence-corrected chi connectivity index (χ1v) is 10.6. The number of aryl methyl sites for hydroxylation is 1. The van der Waals surface area contributed by atoms with Crippen LogP contribution < -0.4 is 10.2 Å². The summed E-state index contributed by atoms with van der Waals surface area (Å²) in [5.41, 5.74) is 4.29. The van der Waals surface area contributed by atoms with Gasteiger partial charge in [-0.05, 0) is 30.7 Å². The van der Waals surface area contributed by atoms with Crippen molar-refractivity contribution in [2.24, 2.45) is 5.10 Å². The minimum Gasteiger partial charge on any atom is -0.486 e. The number of ether oxygens (including phenoxy) is 1. The fourth-order valence-corrected chi connectivity index (χ4v) is 3.20. The van der Waals surface area contributed by atoms with Crippen LogP contribution in [0.1, 0.15) is 27.2 Å². The Hall–Kier alpha value is -5.53. The van der Waals surface area contributed by atoms with E-state index in [1.807, 2.05) is 0 Å². The van der Waals surface area contributed by atoms with Crippen molar-refractivity contribution in [3.8, 4) is 11.4 Å². The summed E-state index contributed by atoms with van der Waals surface area (Å²) in [4.78, 5) is 37.3. The average molecular weight is 502 g/mol. The minimum atomic E-state index is -0.566. The van der Waals surface area contributed by atoms with E-state index in [1.54, 1.807) is 19.2 Å². The highest BCUT2D eigenvalue weighted by Gasteiger charge is 2.14. The van der Waals surface area contributed by atoms with Gasteiger partial charge in [0.05, 0.1) is 27.9 Å². The quantitative estimate of drug-likeness (QED) is 0.204. The molecule has 0 unspecified atom stereocenters. The van der Waals surface area contributed by atoms with E-state index >= 15 is 0 Å². The monoisotopic (exact) mass is 502 g/mol. The second-order valence-electron chi connectivity index (χ2n) is 7.59. The van der Waals surface area contributed by atoms with Gasteiger partial charge in [-0.25, -0.2) is 10.1 Å². The first kappa shape index (κ1) is 24.6. The zero-order valence-electron chi connectivity index (χ0n) is 19.2. The first-order chi connectivity index (χ1) is 17.8. The summed E-state index contributed by atoms with van der Waals surface area (Å²) < 4.78 is 7.18. The number of nitro groups is 2. The fraction of sp³-hybridized carbons (Fsp3) is 0.0870. The number of carbonyl (C=O) groups excluding carboxylic acids is 1. The third-order valence-corrected chi connectivity index (χ3v) is 5.08. The van der Waals surface area contributed by atoms with Crippen molar-refractivity contribution in [3.63, 3.8) is 0 Å². The van der Waals surface area contributed by atoms with Crippen LogP contribution in [0.2, 0.25) is 0 Å². The number of benzene rings is 2. The lowest BCUT2D eigenvalue weighted by Crippen LogP contribution is -2.17. The van der Waals surface area contributed by atoms with Gasteiger partial charge in [0.1, 0.15) is 18.1 Å². The Morgan fingerprint density at radius 3 is 2.51 bits per heavy atom. The lowest BCUT2D eigenvalue weighted by molar-refractivity contribution is -0.385. The van der Waals surface area contributed by atoms with Crippen LogP contribution in [-0.2, 0) is 6.61 Å². The first-order valence-electron chi connectivity index (χ1n) is 10.6. The van der Waals surface area contributed by atoms with Crippen molar-refractivity contribution in [2.75, 3.05) is 0 Å². The summed E-state index contributed by atoms with van der Waals surface area (Å²) in [5.74, 6) is -0.242. The topological polar surface area (TPSA) is 181 Å². The lowest BCUT2D eigenvalue weighted by atomic mass is 10.2. The molecule has 0 aliphatic heterocycles. The Morgan fingerprint density at radius 2 is 1.78 bits per heavy atom. The lowest BCUT2D eigenvalue weighted by Gasteiger charge is -2.08. The predicted octanol–water partition coefficient (Wildman–Crippen LogP) is 3.13. The Labute approximate surface area is 208 Å². The van der Waals surface area contributed by atoms with Gasteiger partial charge in [0.2, 0.25) is 0 Å². The van der Waals surface area contributed by atoms with E-state index in [2.05, 4.69) is 25.8 Å². The molecule has 0 saturated carbocycles. The molecule has 0 spiro atoms. The van der Waals surface area contributed by atoms with Crippen LogP contribution in [0.15, 0.2) is 72.2 Å². The zero-order valence-corrected chi connectivity index (χ0v) is 19.2. The highest BCUT2D eigenvalue weighted by Crippen LogP contribution is 2.24. The van der Waals surface area contributed by atoms with E-state index in [4.69, 9.17) is 4.74 Å². The molecule has 0 bridgehead atoms. The minimum absolute atomic E-state index is 0.0595. The van der Waals surface area contributed by atoms with Crippen LogP contribution in [0.3, 0.4) is 0 Å². The number of pyridine rings is 1. The van der Waals surface area contributed by atoms with Crippen molar-refractivity contribution >= 4 is 23.5 Å². The average Bonchev–Trinajstić information content (AvgIpc) is 3.37. The summed E-state index contributed by atoms with van der Waals surface area (Å²) in [7, 11) is 0. The molecule has 0 radical (unpaired) electrons. The summed E-state index contributed by atoms with van der Waals surface area (Å²) in [6, 6.07) is 11.3. The SMILES string of the molecule is Cc1ccc([N+](=O)[O-])cc1-n1cc(COc2ccc([N+](=O)[O-])cc2/C=N/NC(=O)c2ccncc2)nn1. The molecule has 1 N–H and O–H groups in total. The number of hydrogen-bond acceptors (Lipinski definition) is 10. The standard InChI is InChI=1S/C23H18N8O6/c1-15-2-3-20(31(35)36)11-21(15)29-13-18(26-28-29)14-37-22-5-4-19(30(33)34)10-17(22)12-25-27-23(32)16-6-8-24-9-7-16/h2-13H,14H2,1H3,(H,27,32)/b25-12+. The van der Waals surface area contributed by atoms with E-state index in [0.717, 1.165) is 5.56 Å². The molecule has 186 valence electrons. The molecule has 4 rings (SSSR count). The van der Waals surface area contributed by atoms with Gasteiger partial charge in [0, 0.05) is 47.8 Å². The molecule has 0 atom stereocenters. The Morgan fingerprint density at radius 1 is 1.08 bits per heavy atom. The van der Waals surface area contributed by atoms with Crippen molar-refractivity contribution in [1.29, 1.82) is 0 Å². The molecule has 0 saturated heterocycles. The number of carbonyl (C=O) groups is 1. The summed E-state index contributed by atoms with van der Waals surface area (Å²) in [6.45, 7) is 1.73. The number of rotatable bonds is 9. The molecular weight excluding hydrogens is 484 g/mol. The third-order valence-electron chi connectivity index (χ3n) is 5.08. The second-order valence-corrected chi connectivity index (χ2v) is 7.59. The van der Waals surface area contributed by atoms with E-state index in [-0.39, 0.29) is 29.3 Å². The summed E-state index contributed by atoms with van der Waals surface area (Å²) >= 11 is 0. The molecule has 0 aliphatic rings. The molecular formula is C23H18N8O6. The number of nitrogens with zero attached hydrogens (tertiary/aromatic N) is 7. The van der Waals surface area contributed by atoms with Gasteiger partial charge >= 0.3 is 0 Å². The molecule has 2 aromatic heterocycles. The van der Waals surface area contributed by atoms with Crippen LogP contribution in [0, 0.1) is 27.2 Å². The highest BCUT2D eigenvalue weighted by molar-refractivity contribution is 5.95. The molecule has 0 fully saturated rings. The fourth-order valence-electron chi connectivity index (χ4n) is 3.20. The van der Waals surface area contributed by atoms with Gasteiger partial charge in [-0.1, -0.05) is 11.3 Å². The smallest absolute Gasteiger partial charge is 0.271 e. The molecule has 14 heteroatoms. The van der Waals surface area contributed by atoms with Crippen LogP contribution in [0.5, 0.6) is 5.75 Å². The van der Waals surface area contributed by atoms with Gasteiger partial charge in [-0.3, -0.25) is 30.0 Å². The summed E-state index contributed by atoms with van der Waals surface area (Å²) in [6.07, 6.45) is 5.70. The van der Waals surface area contributed by atoms with Gasteiger partial charge in [0.15, 0.2) is 0 Å². The second kappa shape index (κ2) is 10.8. The van der Waals surface area contributed by atoms with E-state index in [9.17, 15) is 25.0 Å². The van der Waals surface area contributed by atoms with Crippen LogP contribution in [-0.4, -0.2) is 41.9 Å². The molecule has 4 aromatic rings. The van der Waals surface area contributed by atoms with Crippen LogP contribution in [0.25, 0.3) is 5.69 Å². The molecule has 37 heavy (non-hydrogen) atoms. The van der Waals surface area contributed by atoms with E-state index in [0.29, 0.717) is 16.9 Å². The Balaban J connectivity index is 1.50. The van der Waals surface area contributed by atoms with Crippen LogP contribution in [0.4, 0.5) is 11.4 Å².